The number of fused-ring (bicyclic) bond motifs is 1. The first-order valence-corrected chi connectivity index (χ1v) is 9.86. The van der Waals surface area contributed by atoms with E-state index in [1.165, 1.54) is 12.8 Å². The number of likely N-dealkylation sites (tertiary alicyclic amines) is 1. The summed E-state index contributed by atoms with van der Waals surface area (Å²) < 4.78 is 31.7. The summed E-state index contributed by atoms with van der Waals surface area (Å²) in [5.74, 6) is 0.0744. The van der Waals surface area contributed by atoms with Crippen LogP contribution in [0.3, 0.4) is 0 Å². The number of carboxylic acids is 1. The Morgan fingerprint density at radius 2 is 1.59 bits per heavy atom. The van der Waals surface area contributed by atoms with Crippen molar-refractivity contribution in [2.24, 2.45) is 17.8 Å². The zero-order valence-corrected chi connectivity index (χ0v) is 16.0. The Morgan fingerprint density at radius 3 is 2.17 bits per heavy atom. The normalized spacial score (nSPS) is 24.7. The van der Waals surface area contributed by atoms with Gasteiger partial charge in [-0.2, -0.15) is 13.2 Å². The van der Waals surface area contributed by atoms with E-state index in [2.05, 4.69) is 19.8 Å². The first-order valence-electron chi connectivity index (χ1n) is 9.86. The van der Waals surface area contributed by atoms with Gasteiger partial charge in [0.1, 0.15) is 0 Å². The largest absolute Gasteiger partial charge is 0.490 e. The van der Waals surface area contributed by atoms with Crippen molar-refractivity contribution in [3.63, 3.8) is 0 Å². The summed E-state index contributed by atoms with van der Waals surface area (Å²) in [6, 6.07) is 1.85. The lowest BCUT2D eigenvalue weighted by Gasteiger charge is -2.34. The van der Waals surface area contributed by atoms with Crippen LogP contribution in [0, 0.1) is 17.8 Å². The molecule has 1 saturated carbocycles. The molecule has 3 fully saturated rings. The maximum Gasteiger partial charge on any atom is 0.490 e. The number of piperidine rings is 1. The highest BCUT2D eigenvalue weighted by molar-refractivity contribution is 5.79. The average molecular weight is 414 g/mol. The predicted molar refractivity (Wildman–Crippen MR) is 98.1 cm³/mol. The summed E-state index contributed by atoms with van der Waals surface area (Å²) in [5, 5.41) is 7.12. The number of carboxylic acid groups (broad SMARTS) is 1. The number of aliphatic carboxylic acids is 1. The van der Waals surface area contributed by atoms with Gasteiger partial charge in [-0.3, -0.25) is 4.79 Å². The minimum Gasteiger partial charge on any atom is -0.475 e. The molecule has 0 unspecified atom stereocenters. The molecular weight excluding hydrogens is 389 g/mol. The molecule has 3 heterocycles. The highest BCUT2D eigenvalue weighted by Gasteiger charge is 2.41. The lowest BCUT2D eigenvalue weighted by Crippen LogP contribution is -2.40. The van der Waals surface area contributed by atoms with Gasteiger partial charge in [0.15, 0.2) is 0 Å². The van der Waals surface area contributed by atoms with Crippen molar-refractivity contribution in [3.8, 4) is 0 Å². The van der Waals surface area contributed by atoms with E-state index in [0.29, 0.717) is 23.7 Å². The monoisotopic (exact) mass is 414 g/mol. The molecule has 0 aromatic carbocycles. The number of anilines is 1. The van der Waals surface area contributed by atoms with Gasteiger partial charge >= 0.3 is 12.1 Å². The molecule has 1 amide bonds. The zero-order chi connectivity index (χ0) is 21.0. The van der Waals surface area contributed by atoms with Crippen LogP contribution in [0.4, 0.5) is 19.1 Å². The first kappa shape index (κ1) is 21.3. The number of hydrogen-bond donors (Lipinski definition) is 1. The van der Waals surface area contributed by atoms with E-state index >= 15 is 0 Å². The molecule has 0 radical (unpaired) electrons. The summed E-state index contributed by atoms with van der Waals surface area (Å²) in [5.41, 5.74) is 0. The Kier molecular flexibility index (Phi) is 6.59. The number of amides is 1. The fraction of sp³-hybridized carbons (Fsp3) is 0.684. The Hall–Kier alpha value is -2.39. The Labute approximate surface area is 166 Å². The number of carbonyl (C=O) groups excluding carboxylic acids is 1. The highest BCUT2D eigenvalue weighted by atomic mass is 19.4. The third kappa shape index (κ3) is 5.36. The van der Waals surface area contributed by atoms with E-state index in [1.54, 1.807) is 12.4 Å². The first-order chi connectivity index (χ1) is 13.8. The molecule has 160 valence electrons. The van der Waals surface area contributed by atoms with E-state index < -0.39 is 12.1 Å². The van der Waals surface area contributed by atoms with Gasteiger partial charge in [0.2, 0.25) is 11.9 Å². The standard InChI is InChI=1S/C17H24N4O.C2HF3O2/c22-16(13-4-1-2-5-13)21-10-14-6-9-20(11-15(14)12-21)17-18-7-3-8-19-17;3-2(4,5)1(6)7/h3,7-8,13-15H,1-2,4-6,9-12H2;(H,6,7)/t14-,15+;/m0./s1. The van der Waals surface area contributed by atoms with Crippen LogP contribution in [0.1, 0.15) is 32.1 Å². The van der Waals surface area contributed by atoms with Gasteiger partial charge in [-0.1, -0.05) is 12.8 Å². The van der Waals surface area contributed by atoms with Crippen LogP contribution in [0.5, 0.6) is 0 Å². The van der Waals surface area contributed by atoms with Gasteiger partial charge in [0.05, 0.1) is 0 Å². The molecule has 0 bridgehead atoms. The van der Waals surface area contributed by atoms with Gasteiger partial charge in [-0.15, -0.1) is 0 Å². The third-order valence-corrected chi connectivity index (χ3v) is 5.89. The quantitative estimate of drug-likeness (QED) is 0.801. The van der Waals surface area contributed by atoms with Crippen molar-refractivity contribution in [2.45, 2.75) is 38.3 Å². The Balaban J connectivity index is 0.000000298. The smallest absolute Gasteiger partial charge is 0.475 e. The highest BCUT2D eigenvalue weighted by Crippen LogP contribution is 2.35. The molecule has 2 atom stereocenters. The maximum atomic E-state index is 12.6. The summed E-state index contributed by atoms with van der Waals surface area (Å²) in [4.78, 5) is 34.7. The molecule has 10 heteroatoms. The molecule has 2 saturated heterocycles. The van der Waals surface area contributed by atoms with Crippen LogP contribution in [0.25, 0.3) is 0 Å². The van der Waals surface area contributed by atoms with Crippen LogP contribution in [0.15, 0.2) is 18.5 Å². The van der Waals surface area contributed by atoms with Crippen molar-refractivity contribution in [2.75, 3.05) is 31.1 Å². The summed E-state index contributed by atoms with van der Waals surface area (Å²) in [6.07, 6.45) is 4.35. The summed E-state index contributed by atoms with van der Waals surface area (Å²) in [6.45, 7) is 3.91. The van der Waals surface area contributed by atoms with Crippen molar-refractivity contribution in [3.05, 3.63) is 18.5 Å². The van der Waals surface area contributed by atoms with E-state index in [0.717, 1.165) is 51.4 Å². The van der Waals surface area contributed by atoms with Gasteiger partial charge in [0.25, 0.3) is 0 Å². The second-order valence-corrected chi connectivity index (χ2v) is 7.83. The van der Waals surface area contributed by atoms with Crippen molar-refractivity contribution in [1.82, 2.24) is 14.9 Å². The summed E-state index contributed by atoms with van der Waals surface area (Å²) >= 11 is 0. The fourth-order valence-corrected chi connectivity index (χ4v) is 4.42. The summed E-state index contributed by atoms with van der Waals surface area (Å²) in [7, 11) is 0. The predicted octanol–water partition coefficient (Wildman–Crippen LogP) is 2.58. The van der Waals surface area contributed by atoms with Crippen LogP contribution < -0.4 is 4.90 Å². The lowest BCUT2D eigenvalue weighted by molar-refractivity contribution is -0.192. The van der Waals surface area contributed by atoms with Gasteiger partial charge in [-0.05, 0) is 37.2 Å². The number of hydrogen-bond acceptors (Lipinski definition) is 5. The average Bonchev–Trinajstić information content (AvgIpc) is 3.37. The number of rotatable bonds is 2. The molecule has 1 aromatic heterocycles. The molecule has 4 rings (SSSR count). The Bertz CT molecular complexity index is 710. The lowest BCUT2D eigenvalue weighted by atomic mass is 9.89. The maximum absolute atomic E-state index is 12.6. The number of nitrogens with zero attached hydrogens (tertiary/aromatic N) is 4. The topological polar surface area (TPSA) is 86.6 Å². The Morgan fingerprint density at radius 1 is 1.00 bits per heavy atom. The van der Waals surface area contributed by atoms with Gasteiger partial charge < -0.3 is 14.9 Å². The molecule has 29 heavy (non-hydrogen) atoms. The third-order valence-electron chi connectivity index (χ3n) is 5.89. The van der Waals surface area contributed by atoms with Crippen LogP contribution in [-0.4, -0.2) is 64.2 Å². The molecule has 3 aliphatic rings. The van der Waals surface area contributed by atoms with E-state index in [1.807, 2.05) is 6.07 Å². The second kappa shape index (κ2) is 8.96. The molecule has 2 aliphatic heterocycles. The van der Waals surface area contributed by atoms with Crippen molar-refractivity contribution < 1.29 is 27.9 Å². The SMILES string of the molecule is O=C(C1CCCC1)N1C[C@@H]2CCN(c3ncccn3)C[C@@H]2C1.O=C(O)C(F)(F)F. The van der Waals surface area contributed by atoms with E-state index in [4.69, 9.17) is 9.90 Å². The van der Waals surface area contributed by atoms with E-state index in [-0.39, 0.29) is 0 Å². The van der Waals surface area contributed by atoms with Crippen molar-refractivity contribution >= 4 is 17.8 Å². The van der Waals surface area contributed by atoms with Crippen LogP contribution in [0.2, 0.25) is 0 Å². The van der Waals surface area contributed by atoms with Gasteiger partial charge in [-0.25, -0.2) is 14.8 Å². The fourth-order valence-electron chi connectivity index (χ4n) is 4.42. The molecule has 1 N–H and O–H groups in total. The van der Waals surface area contributed by atoms with Crippen LogP contribution in [-0.2, 0) is 9.59 Å². The minimum atomic E-state index is -5.08. The molecule has 0 spiro atoms. The molecule has 1 aliphatic carbocycles. The number of alkyl halides is 3. The van der Waals surface area contributed by atoms with Gasteiger partial charge in [0, 0.05) is 44.5 Å². The second-order valence-electron chi connectivity index (χ2n) is 7.83. The minimum absolute atomic E-state index is 0.314. The van der Waals surface area contributed by atoms with Crippen molar-refractivity contribution in [1.29, 1.82) is 0 Å². The number of halogens is 3. The number of aromatic nitrogens is 2. The molecular formula is C19H25F3N4O3. The van der Waals surface area contributed by atoms with E-state index in [9.17, 15) is 18.0 Å². The zero-order valence-electron chi connectivity index (χ0n) is 16.0. The molecule has 7 nitrogen and oxygen atoms in total. The molecule has 1 aromatic rings. The number of carbonyl (C=O) groups is 2. The van der Waals surface area contributed by atoms with Crippen LogP contribution >= 0.6 is 0 Å².